The van der Waals surface area contributed by atoms with Gasteiger partial charge in [-0.2, -0.15) is 0 Å². The van der Waals surface area contributed by atoms with Crippen LogP contribution in [0.4, 0.5) is 11.6 Å². The highest BCUT2D eigenvalue weighted by atomic mass is 79.9. The lowest BCUT2D eigenvalue weighted by Gasteiger charge is -2.28. The monoisotopic (exact) mass is 495 g/mol. The molecule has 150 valence electrons. The minimum atomic E-state index is -0.578. The molecule has 1 aromatic heterocycles. The SMILES string of the molecule is O=C1NC(=S)N(c2ccc(Cl)cc2)C(=O)/C1=C/c1cc(Br)c(N2CCOCC2)o1. The zero-order valence-corrected chi connectivity index (χ0v) is 18.1. The Bertz CT molecular complexity index is 1010. The molecule has 2 aromatic rings. The van der Waals surface area contributed by atoms with Crippen molar-refractivity contribution in [3.05, 3.63) is 51.2 Å². The minimum Gasteiger partial charge on any atom is -0.440 e. The topological polar surface area (TPSA) is 75.0 Å². The van der Waals surface area contributed by atoms with Gasteiger partial charge >= 0.3 is 0 Å². The van der Waals surface area contributed by atoms with Gasteiger partial charge in [-0.3, -0.25) is 19.8 Å². The lowest BCUT2D eigenvalue weighted by molar-refractivity contribution is -0.122. The number of carbonyl (C=O) groups excluding carboxylic acids is 2. The number of carbonyl (C=O) groups is 2. The first-order chi connectivity index (χ1) is 13.9. The maximum absolute atomic E-state index is 13.0. The zero-order valence-electron chi connectivity index (χ0n) is 15.0. The summed E-state index contributed by atoms with van der Waals surface area (Å²) in [6.45, 7) is 2.61. The number of anilines is 2. The van der Waals surface area contributed by atoms with Crippen LogP contribution in [0, 0.1) is 0 Å². The van der Waals surface area contributed by atoms with Crippen LogP contribution < -0.4 is 15.1 Å². The van der Waals surface area contributed by atoms with Crippen LogP contribution in [0.15, 0.2) is 44.8 Å². The van der Waals surface area contributed by atoms with Crippen molar-refractivity contribution in [2.24, 2.45) is 0 Å². The van der Waals surface area contributed by atoms with Crippen LogP contribution in [0.3, 0.4) is 0 Å². The molecule has 2 aliphatic heterocycles. The van der Waals surface area contributed by atoms with Gasteiger partial charge in [0.15, 0.2) is 5.11 Å². The van der Waals surface area contributed by atoms with Crippen molar-refractivity contribution in [3.8, 4) is 0 Å². The molecule has 29 heavy (non-hydrogen) atoms. The fourth-order valence-corrected chi connectivity index (χ4v) is 4.02. The van der Waals surface area contributed by atoms with Crippen molar-refractivity contribution >= 4 is 74.3 Å². The summed E-state index contributed by atoms with van der Waals surface area (Å²) in [6.07, 6.45) is 1.41. The van der Waals surface area contributed by atoms with E-state index in [0.29, 0.717) is 48.7 Å². The number of rotatable bonds is 3. The van der Waals surface area contributed by atoms with Crippen LogP contribution in [0.1, 0.15) is 5.76 Å². The Kier molecular flexibility index (Phi) is 5.73. The van der Waals surface area contributed by atoms with E-state index in [-0.39, 0.29) is 10.7 Å². The lowest BCUT2D eigenvalue weighted by atomic mass is 10.1. The molecule has 0 saturated carbocycles. The summed E-state index contributed by atoms with van der Waals surface area (Å²) in [5, 5.41) is 3.08. The third-order valence-electron chi connectivity index (χ3n) is 4.46. The first-order valence-electron chi connectivity index (χ1n) is 8.73. The van der Waals surface area contributed by atoms with Gasteiger partial charge in [0, 0.05) is 24.2 Å². The number of hydrogen-bond donors (Lipinski definition) is 1. The summed E-state index contributed by atoms with van der Waals surface area (Å²) in [5.41, 5.74) is 0.424. The smallest absolute Gasteiger partial charge is 0.270 e. The Hall–Kier alpha value is -2.20. The van der Waals surface area contributed by atoms with Crippen LogP contribution in [0.5, 0.6) is 0 Å². The van der Waals surface area contributed by atoms with Gasteiger partial charge in [-0.05, 0) is 58.5 Å². The van der Waals surface area contributed by atoms with Crippen LogP contribution >= 0.6 is 39.7 Å². The van der Waals surface area contributed by atoms with Crippen LogP contribution in [0.25, 0.3) is 6.08 Å². The van der Waals surface area contributed by atoms with Crippen LogP contribution in [-0.2, 0) is 14.3 Å². The van der Waals surface area contributed by atoms with Gasteiger partial charge in [-0.1, -0.05) is 11.6 Å². The number of amides is 2. The van der Waals surface area contributed by atoms with E-state index >= 15 is 0 Å². The van der Waals surface area contributed by atoms with E-state index < -0.39 is 11.8 Å². The van der Waals surface area contributed by atoms with E-state index in [0.717, 1.165) is 4.47 Å². The molecule has 1 aromatic carbocycles. The summed E-state index contributed by atoms with van der Waals surface area (Å²) in [6, 6.07) is 8.32. The van der Waals surface area contributed by atoms with Gasteiger partial charge in [0.1, 0.15) is 11.3 Å². The molecular weight excluding hydrogens is 482 g/mol. The molecule has 1 N–H and O–H groups in total. The molecule has 0 aliphatic carbocycles. The number of nitrogens with one attached hydrogen (secondary N) is 1. The molecule has 3 heterocycles. The maximum atomic E-state index is 13.0. The first-order valence-corrected chi connectivity index (χ1v) is 10.3. The van der Waals surface area contributed by atoms with Crippen molar-refractivity contribution in [2.75, 3.05) is 36.1 Å². The molecule has 2 fully saturated rings. The molecule has 0 bridgehead atoms. The number of thiocarbonyl (C=S) groups is 1. The number of nitrogens with zero attached hydrogens (tertiary/aromatic N) is 2. The first kappa shape index (κ1) is 20.1. The highest BCUT2D eigenvalue weighted by Gasteiger charge is 2.35. The van der Waals surface area contributed by atoms with E-state index in [2.05, 4.69) is 21.2 Å². The average Bonchev–Trinajstić information content (AvgIpc) is 3.07. The molecule has 0 radical (unpaired) electrons. The average molecular weight is 497 g/mol. The van der Waals surface area contributed by atoms with Gasteiger partial charge < -0.3 is 14.1 Å². The molecule has 0 atom stereocenters. The molecule has 2 aliphatic rings. The second-order valence-corrected chi connectivity index (χ2v) is 8.01. The van der Waals surface area contributed by atoms with Gasteiger partial charge in [-0.25, -0.2) is 0 Å². The molecule has 4 rings (SSSR count). The normalized spacial score (nSPS) is 19.1. The standard InChI is InChI=1S/C19H15BrClN3O4S/c20-15-10-13(28-18(15)23-5-7-27-8-6-23)9-14-16(25)22-19(29)24(17(14)26)12-3-1-11(21)2-4-12/h1-4,9-10H,5-8H2,(H,22,25,29)/b14-9+. The summed E-state index contributed by atoms with van der Waals surface area (Å²) < 4.78 is 12.0. The Morgan fingerprint density at radius 1 is 1.17 bits per heavy atom. The summed E-state index contributed by atoms with van der Waals surface area (Å²) >= 11 is 14.6. The maximum Gasteiger partial charge on any atom is 0.270 e. The fraction of sp³-hybridized carbons (Fsp3) is 0.211. The van der Waals surface area contributed by atoms with Gasteiger partial charge in [-0.15, -0.1) is 0 Å². The molecule has 0 spiro atoms. The number of halogens is 2. The van der Waals surface area contributed by atoms with E-state index in [1.54, 1.807) is 30.3 Å². The minimum absolute atomic E-state index is 0.00843. The predicted octanol–water partition coefficient (Wildman–Crippen LogP) is 3.36. The summed E-state index contributed by atoms with van der Waals surface area (Å²) in [4.78, 5) is 28.7. The molecule has 7 nitrogen and oxygen atoms in total. The van der Waals surface area contributed by atoms with Crippen molar-refractivity contribution in [1.29, 1.82) is 0 Å². The van der Waals surface area contributed by atoms with Gasteiger partial charge in [0.2, 0.25) is 5.88 Å². The van der Waals surface area contributed by atoms with Crippen molar-refractivity contribution in [3.63, 3.8) is 0 Å². The third-order valence-corrected chi connectivity index (χ3v) is 5.56. The van der Waals surface area contributed by atoms with Crippen LogP contribution in [0.2, 0.25) is 5.02 Å². The van der Waals surface area contributed by atoms with Crippen molar-refractivity contribution in [2.45, 2.75) is 0 Å². The Balaban J connectivity index is 1.65. The Labute approximate surface area is 185 Å². The molecular formula is C19H15BrClN3O4S. The highest BCUT2D eigenvalue weighted by Crippen LogP contribution is 2.32. The Morgan fingerprint density at radius 3 is 2.55 bits per heavy atom. The van der Waals surface area contributed by atoms with Crippen LogP contribution in [-0.4, -0.2) is 43.2 Å². The number of hydrogen-bond acceptors (Lipinski definition) is 6. The number of benzene rings is 1. The quantitative estimate of drug-likeness (QED) is 0.399. The zero-order chi connectivity index (χ0) is 20.5. The van der Waals surface area contributed by atoms with Gasteiger partial charge in [0.05, 0.1) is 23.4 Å². The van der Waals surface area contributed by atoms with Crippen molar-refractivity contribution in [1.82, 2.24) is 5.32 Å². The predicted molar refractivity (Wildman–Crippen MR) is 117 cm³/mol. The number of morpholine rings is 1. The Morgan fingerprint density at radius 2 is 1.86 bits per heavy atom. The molecule has 2 saturated heterocycles. The second kappa shape index (κ2) is 8.27. The fourth-order valence-electron chi connectivity index (χ4n) is 3.05. The van der Waals surface area contributed by atoms with E-state index in [4.69, 9.17) is 33.0 Å². The molecule has 0 unspecified atom stereocenters. The summed E-state index contributed by atoms with van der Waals surface area (Å²) in [5.74, 6) is -0.109. The highest BCUT2D eigenvalue weighted by molar-refractivity contribution is 9.10. The largest absolute Gasteiger partial charge is 0.440 e. The second-order valence-electron chi connectivity index (χ2n) is 6.34. The molecule has 2 amide bonds. The molecule has 10 heteroatoms. The van der Waals surface area contributed by atoms with E-state index in [1.165, 1.54) is 11.0 Å². The number of furan rings is 1. The van der Waals surface area contributed by atoms with Crippen molar-refractivity contribution < 1.29 is 18.7 Å². The lowest BCUT2D eigenvalue weighted by Crippen LogP contribution is -2.54. The third kappa shape index (κ3) is 4.09. The number of ether oxygens (including phenoxy) is 1. The van der Waals surface area contributed by atoms with Gasteiger partial charge in [0.25, 0.3) is 11.8 Å². The summed E-state index contributed by atoms with van der Waals surface area (Å²) in [7, 11) is 0. The van der Waals surface area contributed by atoms with E-state index in [9.17, 15) is 9.59 Å². The van der Waals surface area contributed by atoms with E-state index in [1.807, 2.05) is 4.90 Å².